The van der Waals surface area contributed by atoms with Crippen LogP contribution in [0.15, 0.2) is 24.3 Å². The molecule has 0 aromatic heterocycles. The molecule has 0 fully saturated rings. The van der Waals surface area contributed by atoms with Gasteiger partial charge in [-0.15, -0.1) is 0 Å². The third kappa shape index (κ3) is 22.0. The van der Waals surface area contributed by atoms with Gasteiger partial charge < -0.3 is 14.1 Å². The number of hydrogen-bond donors (Lipinski definition) is 1. The zero-order valence-corrected chi connectivity index (χ0v) is 27.8. The molecule has 1 rings (SSSR count). The number of phosphoric acid groups is 1. The highest BCUT2D eigenvalue weighted by Crippen LogP contribution is 2.44. The molecule has 41 heavy (non-hydrogen) atoms. The SMILES string of the molecule is CCCCCCCCCCCCOc1ccc(CC(COP(=O)(O)OCCCC[N+](C)(C)C)CC(=O)CCC)cc1. The first-order valence-corrected chi connectivity index (χ1v) is 17.7. The lowest BCUT2D eigenvalue weighted by Gasteiger charge is -2.23. The van der Waals surface area contributed by atoms with E-state index in [4.69, 9.17) is 13.8 Å². The van der Waals surface area contributed by atoms with Gasteiger partial charge >= 0.3 is 7.82 Å². The molecule has 0 radical (unpaired) electrons. The molecule has 0 aliphatic carbocycles. The van der Waals surface area contributed by atoms with Crippen LogP contribution in [0.25, 0.3) is 0 Å². The molecule has 0 aliphatic heterocycles. The number of phosphoric ester groups is 1. The standard InChI is InChI=1S/C33H60NO6P/c1-6-8-9-10-11-12-13-14-15-17-25-38-33-22-20-30(21-23-33)27-31(28-32(35)19-7-2)29-40-41(36,37)39-26-18-16-24-34(3,4)5/h20-23,31H,6-19,24-29H2,1-5H3/p+1. The molecule has 1 aromatic rings. The van der Waals surface area contributed by atoms with Gasteiger partial charge in [0, 0.05) is 12.8 Å². The molecule has 0 amide bonds. The number of Topliss-reactive ketones (excluding diaryl/α,β-unsaturated/α-hetero) is 1. The van der Waals surface area contributed by atoms with Gasteiger partial charge in [-0.1, -0.05) is 83.8 Å². The number of quaternary nitrogens is 1. The Labute approximate surface area is 251 Å². The number of nitrogens with zero attached hydrogens (tertiary/aromatic N) is 1. The van der Waals surface area contributed by atoms with Crippen LogP contribution in [0.3, 0.4) is 0 Å². The maximum absolute atomic E-state index is 12.4. The Hall–Kier alpha value is -1.24. The second-order valence-electron chi connectivity index (χ2n) is 12.6. The molecule has 0 saturated carbocycles. The predicted octanol–water partition coefficient (Wildman–Crippen LogP) is 8.52. The number of carbonyl (C=O) groups is 1. The zero-order chi connectivity index (χ0) is 30.4. The van der Waals surface area contributed by atoms with Crippen molar-refractivity contribution in [3.8, 4) is 5.75 Å². The van der Waals surface area contributed by atoms with Gasteiger partial charge in [-0.2, -0.15) is 0 Å². The lowest BCUT2D eigenvalue weighted by molar-refractivity contribution is -0.870. The minimum absolute atomic E-state index is 0.000889. The summed E-state index contributed by atoms with van der Waals surface area (Å²) in [5.74, 6) is 0.791. The first-order chi connectivity index (χ1) is 19.5. The molecule has 0 bridgehead atoms. The number of hydrogen-bond acceptors (Lipinski definition) is 5. The Bertz CT molecular complexity index is 839. The van der Waals surface area contributed by atoms with E-state index in [0.29, 0.717) is 25.7 Å². The second-order valence-corrected chi connectivity index (χ2v) is 14.0. The van der Waals surface area contributed by atoms with Crippen molar-refractivity contribution in [2.24, 2.45) is 5.92 Å². The minimum Gasteiger partial charge on any atom is -0.494 e. The quantitative estimate of drug-likeness (QED) is 0.0621. The Kier molecular flexibility index (Phi) is 20.6. The zero-order valence-electron chi connectivity index (χ0n) is 26.9. The molecule has 0 aliphatic rings. The molecule has 1 aromatic carbocycles. The van der Waals surface area contributed by atoms with Crippen LogP contribution < -0.4 is 4.74 Å². The van der Waals surface area contributed by atoms with Gasteiger partial charge in [-0.05, 0) is 55.7 Å². The predicted molar refractivity (Wildman–Crippen MR) is 169 cm³/mol. The van der Waals surface area contributed by atoms with Crippen LogP contribution in [0.1, 0.15) is 116 Å². The topological polar surface area (TPSA) is 82.1 Å². The first kappa shape index (κ1) is 37.8. The highest BCUT2D eigenvalue weighted by molar-refractivity contribution is 7.47. The van der Waals surface area contributed by atoms with Crippen LogP contribution in [0.2, 0.25) is 0 Å². The maximum atomic E-state index is 12.4. The van der Waals surface area contributed by atoms with Crippen molar-refractivity contribution in [3.05, 3.63) is 29.8 Å². The summed E-state index contributed by atoms with van der Waals surface area (Å²) < 4.78 is 29.7. The van der Waals surface area contributed by atoms with Crippen LogP contribution >= 0.6 is 7.82 Å². The van der Waals surface area contributed by atoms with E-state index in [2.05, 4.69) is 28.1 Å². The highest BCUT2D eigenvalue weighted by atomic mass is 31.2. The van der Waals surface area contributed by atoms with E-state index in [-0.39, 0.29) is 24.9 Å². The van der Waals surface area contributed by atoms with Crippen molar-refractivity contribution < 1.29 is 32.5 Å². The Balaban J connectivity index is 2.42. The fraction of sp³-hybridized carbons (Fsp3) is 0.788. The molecule has 1 N–H and O–H groups in total. The van der Waals surface area contributed by atoms with Gasteiger partial charge in [0.2, 0.25) is 0 Å². The van der Waals surface area contributed by atoms with E-state index < -0.39 is 7.82 Å². The fourth-order valence-electron chi connectivity index (χ4n) is 4.83. The van der Waals surface area contributed by atoms with Gasteiger partial charge in [0.05, 0.1) is 47.5 Å². The van der Waals surface area contributed by atoms with Crippen LogP contribution in [0.4, 0.5) is 0 Å². The molecule has 0 heterocycles. The third-order valence-electron chi connectivity index (χ3n) is 7.21. The van der Waals surface area contributed by atoms with Crippen molar-refractivity contribution in [1.29, 1.82) is 0 Å². The number of unbranched alkanes of at least 4 members (excludes halogenated alkanes) is 10. The number of benzene rings is 1. The number of rotatable bonds is 27. The number of carbonyl (C=O) groups excluding carboxylic acids is 1. The first-order valence-electron chi connectivity index (χ1n) is 16.2. The van der Waals surface area contributed by atoms with Crippen molar-refractivity contribution in [1.82, 2.24) is 0 Å². The molecule has 2 atom stereocenters. The molecule has 2 unspecified atom stereocenters. The summed E-state index contributed by atoms with van der Waals surface area (Å²) in [6, 6.07) is 7.95. The molecule has 0 spiro atoms. The van der Waals surface area contributed by atoms with Gasteiger partial charge in [-0.25, -0.2) is 4.57 Å². The van der Waals surface area contributed by atoms with E-state index in [0.717, 1.165) is 48.2 Å². The molecule has 7 nitrogen and oxygen atoms in total. The Morgan fingerprint density at radius 2 is 1.39 bits per heavy atom. The summed E-state index contributed by atoms with van der Waals surface area (Å²) in [4.78, 5) is 22.6. The summed E-state index contributed by atoms with van der Waals surface area (Å²) >= 11 is 0. The van der Waals surface area contributed by atoms with E-state index in [1.54, 1.807) is 0 Å². The smallest absolute Gasteiger partial charge is 0.472 e. The average Bonchev–Trinajstić information content (AvgIpc) is 2.90. The highest BCUT2D eigenvalue weighted by Gasteiger charge is 2.24. The van der Waals surface area contributed by atoms with E-state index in [1.807, 2.05) is 31.2 Å². The molecule has 8 heteroatoms. The fourth-order valence-corrected chi connectivity index (χ4v) is 5.67. The van der Waals surface area contributed by atoms with Crippen molar-refractivity contribution >= 4 is 13.6 Å². The van der Waals surface area contributed by atoms with Gasteiger partial charge in [0.25, 0.3) is 0 Å². The van der Waals surface area contributed by atoms with Crippen molar-refractivity contribution in [2.75, 3.05) is 47.5 Å². The van der Waals surface area contributed by atoms with Crippen LogP contribution in [-0.4, -0.2) is 62.7 Å². The van der Waals surface area contributed by atoms with Gasteiger partial charge in [-0.3, -0.25) is 13.8 Å². The minimum atomic E-state index is -4.17. The van der Waals surface area contributed by atoms with E-state index >= 15 is 0 Å². The lowest BCUT2D eigenvalue weighted by Crippen LogP contribution is -2.35. The largest absolute Gasteiger partial charge is 0.494 e. The van der Waals surface area contributed by atoms with Crippen LogP contribution in [0.5, 0.6) is 5.75 Å². The molecule has 238 valence electrons. The Morgan fingerprint density at radius 3 is 1.98 bits per heavy atom. The summed E-state index contributed by atoms with van der Waals surface area (Å²) in [6.45, 7) is 6.09. The normalized spacial score (nSPS) is 14.1. The van der Waals surface area contributed by atoms with E-state index in [1.165, 1.54) is 57.8 Å². The Morgan fingerprint density at radius 1 is 0.805 bits per heavy atom. The summed E-state index contributed by atoms with van der Waals surface area (Å²) in [7, 11) is 2.17. The molecule has 0 saturated heterocycles. The van der Waals surface area contributed by atoms with Gasteiger partial charge in [0.15, 0.2) is 0 Å². The monoisotopic (exact) mass is 598 g/mol. The summed E-state index contributed by atoms with van der Waals surface area (Å²) in [6.07, 6.45) is 16.8. The maximum Gasteiger partial charge on any atom is 0.472 e. The second kappa shape index (κ2) is 22.3. The molecular formula is C33H61NO6P+. The number of ketones is 1. The third-order valence-corrected chi connectivity index (χ3v) is 8.19. The van der Waals surface area contributed by atoms with Crippen molar-refractivity contribution in [2.45, 2.75) is 117 Å². The van der Waals surface area contributed by atoms with E-state index in [9.17, 15) is 14.3 Å². The summed E-state index contributed by atoms with van der Waals surface area (Å²) in [5.41, 5.74) is 1.04. The van der Waals surface area contributed by atoms with Crippen LogP contribution in [0, 0.1) is 5.92 Å². The van der Waals surface area contributed by atoms with Crippen LogP contribution in [-0.2, 0) is 24.8 Å². The lowest BCUT2D eigenvalue weighted by atomic mass is 9.94. The summed E-state index contributed by atoms with van der Waals surface area (Å²) in [5, 5.41) is 0. The van der Waals surface area contributed by atoms with Crippen molar-refractivity contribution in [3.63, 3.8) is 0 Å². The number of ether oxygens (including phenoxy) is 1. The average molecular weight is 599 g/mol. The van der Waals surface area contributed by atoms with Gasteiger partial charge in [0.1, 0.15) is 11.5 Å². The molecular weight excluding hydrogens is 537 g/mol.